The van der Waals surface area contributed by atoms with Crippen molar-refractivity contribution in [3.8, 4) is 0 Å². The van der Waals surface area contributed by atoms with Gasteiger partial charge in [-0.05, 0) is 39.8 Å². The summed E-state index contributed by atoms with van der Waals surface area (Å²) in [4.78, 5) is 6.79. The zero-order chi connectivity index (χ0) is 14.3. The molecule has 3 N–H and O–H groups in total. The molecule has 0 aromatic heterocycles. The molecule has 1 aliphatic rings. The number of nitrogens with one attached hydrogen (secondary N) is 1. The maximum atomic E-state index is 5.88. The van der Waals surface area contributed by atoms with Crippen LogP contribution in [0.3, 0.4) is 0 Å². The molecular weight excluding hydrogens is 236 g/mol. The average molecular weight is 266 g/mol. The average Bonchev–Trinajstić information content (AvgIpc) is 2.37. The normalized spacial score (nSPS) is 19.5. The van der Waals surface area contributed by atoms with E-state index in [1.54, 1.807) is 0 Å². The van der Waals surface area contributed by atoms with Gasteiger partial charge in [0.05, 0.1) is 6.54 Å². The summed E-state index contributed by atoms with van der Waals surface area (Å²) < 4.78 is 0. The first-order valence-corrected chi connectivity index (χ1v) is 7.35. The first-order chi connectivity index (χ1) is 9.00. The number of nitrogens with zero attached hydrogens (tertiary/aromatic N) is 2. The molecule has 0 radical (unpaired) electrons. The van der Waals surface area contributed by atoms with E-state index >= 15 is 0 Å². The number of nitrogens with two attached hydrogens (primary N) is 1. The summed E-state index contributed by atoms with van der Waals surface area (Å²) in [6.45, 7) is 7.30. The zero-order valence-electron chi connectivity index (χ0n) is 12.8. The van der Waals surface area contributed by atoms with E-state index < -0.39 is 0 Å². The highest BCUT2D eigenvalue weighted by molar-refractivity contribution is 5.78. The first-order valence-electron chi connectivity index (χ1n) is 7.35. The Morgan fingerprint density at radius 1 is 1.37 bits per heavy atom. The Kier molecular flexibility index (Phi) is 6.92. The maximum absolute atomic E-state index is 5.88. The minimum Gasteiger partial charge on any atom is -0.370 e. The van der Waals surface area contributed by atoms with Crippen LogP contribution in [0.1, 0.15) is 39.0 Å². The third-order valence-electron chi connectivity index (χ3n) is 3.88. The maximum Gasteiger partial charge on any atom is 0.188 e. The van der Waals surface area contributed by atoms with Crippen LogP contribution in [0.4, 0.5) is 0 Å². The van der Waals surface area contributed by atoms with Crippen molar-refractivity contribution in [2.24, 2.45) is 16.6 Å². The minimum absolute atomic E-state index is 0.505. The van der Waals surface area contributed by atoms with Gasteiger partial charge < -0.3 is 16.0 Å². The Balaban J connectivity index is 2.48. The van der Waals surface area contributed by atoms with E-state index in [4.69, 9.17) is 5.73 Å². The molecule has 1 rings (SSSR count). The van der Waals surface area contributed by atoms with Crippen molar-refractivity contribution in [1.82, 2.24) is 10.2 Å². The van der Waals surface area contributed by atoms with Gasteiger partial charge in [0.25, 0.3) is 0 Å². The molecule has 0 aromatic carbocycles. The molecule has 1 unspecified atom stereocenters. The van der Waals surface area contributed by atoms with Crippen molar-refractivity contribution in [3.05, 3.63) is 12.2 Å². The lowest BCUT2D eigenvalue weighted by Gasteiger charge is -2.33. The highest BCUT2D eigenvalue weighted by atomic mass is 15.1. The number of rotatable bonds is 6. The first kappa shape index (κ1) is 16.0. The van der Waals surface area contributed by atoms with Crippen molar-refractivity contribution in [2.45, 2.75) is 45.1 Å². The SMILES string of the molecule is C=C(C)CNC(N)=NCC(C1CCCCC1)N(C)C. The van der Waals surface area contributed by atoms with Crippen LogP contribution in [0.2, 0.25) is 0 Å². The standard InChI is InChI=1S/C15H30N4/c1-12(2)10-17-15(16)18-11-14(19(3)4)13-8-6-5-7-9-13/h13-14H,1,5-11H2,2-4H3,(H3,16,17,18). The summed E-state index contributed by atoms with van der Waals surface area (Å²) in [5, 5.41) is 3.09. The molecule has 1 atom stereocenters. The topological polar surface area (TPSA) is 53.6 Å². The highest BCUT2D eigenvalue weighted by Crippen LogP contribution is 2.28. The second-order valence-corrected chi connectivity index (χ2v) is 5.97. The molecule has 1 aliphatic carbocycles. The van der Waals surface area contributed by atoms with E-state index in [0.717, 1.165) is 18.0 Å². The van der Waals surface area contributed by atoms with E-state index in [2.05, 4.69) is 35.9 Å². The molecule has 0 amide bonds. The van der Waals surface area contributed by atoms with Gasteiger partial charge >= 0.3 is 0 Å². The summed E-state index contributed by atoms with van der Waals surface area (Å²) in [6, 6.07) is 0.505. The molecule has 0 spiro atoms. The van der Waals surface area contributed by atoms with Crippen molar-refractivity contribution in [3.63, 3.8) is 0 Å². The van der Waals surface area contributed by atoms with Crippen LogP contribution >= 0.6 is 0 Å². The molecule has 1 saturated carbocycles. The predicted molar refractivity (Wildman–Crippen MR) is 83.4 cm³/mol. The summed E-state index contributed by atoms with van der Waals surface area (Å²) in [5.41, 5.74) is 6.94. The number of aliphatic imine (C=N–C) groups is 1. The minimum atomic E-state index is 0.505. The van der Waals surface area contributed by atoms with Crippen LogP contribution in [-0.4, -0.2) is 44.1 Å². The Morgan fingerprint density at radius 2 is 2.00 bits per heavy atom. The molecular formula is C15H30N4. The number of guanidine groups is 1. The van der Waals surface area contributed by atoms with Gasteiger partial charge in [-0.25, -0.2) is 0 Å². The van der Waals surface area contributed by atoms with E-state index in [1.807, 2.05) is 6.92 Å². The predicted octanol–water partition coefficient (Wildman–Crippen LogP) is 1.98. The molecule has 1 fully saturated rings. The Hall–Kier alpha value is -1.03. The van der Waals surface area contributed by atoms with Crippen LogP contribution in [0, 0.1) is 5.92 Å². The van der Waals surface area contributed by atoms with Crippen molar-refractivity contribution in [1.29, 1.82) is 0 Å². The second kappa shape index (κ2) is 8.20. The third-order valence-corrected chi connectivity index (χ3v) is 3.88. The molecule has 0 bridgehead atoms. The Bertz CT molecular complexity index is 303. The molecule has 110 valence electrons. The lowest BCUT2D eigenvalue weighted by molar-refractivity contribution is 0.176. The van der Waals surface area contributed by atoms with Gasteiger partial charge in [-0.1, -0.05) is 31.4 Å². The molecule has 4 heteroatoms. The fourth-order valence-electron chi connectivity index (χ4n) is 2.74. The lowest BCUT2D eigenvalue weighted by Crippen LogP contribution is -2.40. The molecule has 0 heterocycles. The second-order valence-electron chi connectivity index (χ2n) is 5.97. The largest absolute Gasteiger partial charge is 0.370 e. The van der Waals surface area contributed by atoms with Crippen LogP contribution in [-0.2, 0) is 0 Å². The van der Waals surface area contributed by atoms with Crippen LogP contribution in [0.15, 0.2) is 17.1 Å². The van der Waals surface area contributed by atoms with Gasteiger partial charge in [0.1, 0.15) is 0 Å². The van der Waals surface area contributed by atoms with E-state index in [1.165, 1.54) is 32.1 Å². The van der Waals surface area contributed by atoms with Gasteiger partial charge in [0.15, 0.2) is 5.96 Å². The van der Waals surface area contributed by atoms with Gasteiger partial charge in [0.2, 0.25) is 0 Å². The number of likely N-dealkylation sites (N-methyl/N-ethyl adjacent to an activating group) is 1. The summed E-state index contributed by atoms with van der Waals surface area (Å²) >= 11 is 0. The van der Waals surface area contributed by atoms with Crippen molar-refractivity contribution >= 4 is 5.96 Å². The van der Waals surface area contributed by atoms with E-state index in [9.17, 15) is 0 Å². The molecule has 0 aliphatic heterocycles. The van der Waals surface area contributed by atoms with E-state index in [-0.39, 0.29) is 0 Å². The van der Waals surface area contributed by atoms with Crippen molar-refractivity contribution < 1.29 is 0 Å². The van der Waals surface area contributed by atoms with Gasteiger partial charge in [-0.2, -0.15) is 0 Å². The smallest absolute Gasteiger partial charge is 0.188 e. The van der Waals surface area contributed by atoms with Gasteiger partial charge in [0, 0.05) is 12.6 Å². The van der Waals surface area contributed by atoms with Crippen LogP contribution in [0.25, 0.3) is 0 Å². The summed E-state index contributed by atoms with van der Waals surface area (Å²) in [6.07, 6.45) is 6.78. The Morgan fingerprint density at radius 3 is 2.53 bits per heavy atom. The molecule has 0 aromatic rings. The summed E-state index contributed by atoms with van der Waals surface area (Å²) in [7, 11) is 4.29. The molecule has 0 saturated heterocycles. The number of hydrogen-bond donors (Lipinski definition) is 2. The fourth-order valence-corrected chi connectivity index (χ4v) is 2.74. The van der Waals surface area contributed by atoms with E-state index in [0.29, 0.717) is 18.5 Å². The number of hydrogen-bond acceptors (Lipinski definition) is 2. The fraction of sp³-hybridized carbons (Fsp3) is 0.800. The quantitative estimate of drug-likeness (QED) is 0.439. The van der Waals surface area contributed by atoms with Gasteiger partial charge in [-0.15, -0.1) is 0 Å². The van der Waals surface area contributed by atoms with Crippen molar-refractivity contribution in [2.75, 3.05) is 27.2 Å². The monoisotopic (exact) mass is 266 g/mol. The molecule has 4 nitrogen and oxygen atoms in total. The van der Waals surface area contributed by atoms with Gasteiger partial charge in [-0.3, -0.25) is 4.99 Å². The highest BCUT2D eigenvalue weighted by Gasteiger charge is 2.24. The lowest BCUT2D eigenvalue weighted by atomic mass is 9.83. The zero-order valence-corrected chi connectivity index (χ0v) is 12.8. The molecule has 19 heavy (non-hydrogen) atoms. The third kappa shape index (κ3) is 6.10. The Labute approximate surface area is 118 Å². The van der Waals surface area contributed by atoms with Crippen LogP contribution in [0.5, 0.6) is 0 Å². The summed E-state index contributed by atoms with van der Waals surface area (Å²) in [5.74, 6) is 1.30. The van der Waals surface area contributed by atoms with Crippen LogP contribution < -0.4 is 11.1 Å².